The number of benzene rings is 1. The van der Waals surface area contributed by atoms with Crippen LogP contribution in [-0.2, 0) is 9.53 Å². The second-order valence-corrected chi connectivity index (χ2v) is 4.09. The topological polar surface area (TPSA) is 65.0 Å². The Bertz CT molecular complexity index is 430. The summed E-state index contributed by atoms with van der Waals surface area (Å²) in [5.41, 5.74) is 0.542. The third kappa shape index (κ3) is 3.38. The molecule has 106 valence electrons. The zero-order valence-corrected chi connectivity index (χ0v) is 11.7. The van der Waals surface area contributed by atoms with Crippen LogP contribution in [0.15, 0.2) is 18.2 Å². The number of hydrogen-bond acceptors (Lipinski definition) is 5. The molecule has 0 aromatic heterocycles. The molecule has 0 spiro atoms. The lowest BCUT2D eigenvalue weighted by Gasteiger charge is -2.21. The van der Waals surface area contributed by atoms with Crippen molar-refractivity contribution in [1.29, 1.82) is 0 Å². The molecule has 0 radical (unpaired) electrons. The van der Waals surface area contributed by atoms with Crippen LogP contribution in [0.5, 0.6) is 11.5 Å². The number of carbonyl (C=O) groups excluding carboxylic acids is 1. The van der Waals surface area contributed by atoms with Gasteiger partial charge in [0.25, 0.3) is 0 Å². The molecule has 2 atom stereocenters. The molecule has 0 saturated carbocycles. The van der Waals surface area contributed by atoms with Gasteiger partial charge in [0.15, 0.2) is 0 Å². The summed E-state index contributed by atoms with van der Waals surface area (Å²) < 4.78 is 15.0. The second kappa shape index (κ2) is 6.99. The fourth-order valence-corrected chi connectivity index (χ4v) is 1.95. The van der Waals surface area contributed by atoms with E-state index >= 15 is 0 Å². The Labute approximate surface area is 113 Å². The predicted octanol–water partition coefficient (Wildman–Crippen LogP) is 1.94. The van der Waals surface area contributed by atoms with Gasteiger partial charge >= 0.3 is 5.97 Å². The summed E-state index contributed by atoms with van der Waals surface area (Å²) in [6.07, 6.45) is -0.499. The Balaban J connectivity index is 3.10. The number of rotatable bonds is 6. The van der Waals surface area contributed by atoms with Crippen LogP contribution in [-0.4, -0.2) is 32.4 Å². The van der Waals surface area contributed by atoms with Crippen LogP contribution in [0.2, 0.25) is 0 Å². The van der Waals surface area contributed by atoms with Crippen LogP contribution in [0, 0.1) is 5.92 Å². The molecule has 0 saturated heterocycles. The quantitative estimate of drug-likeness (QED) is 0.799. The lowest BCUT2D eigenvalue weighted by Crippen LogP contribution is -2.23. The highest BCUT2D eigenvalue weighted by molar-refractivity contribution is 5.73. The van der Waals surface area contributed by atoms with Gasteiger partial charge in [0.1, 0.15) is 11.5 Å². The average molecular weight is 268 g/mol. The normalized spacial score (nSPS) is 13.5. The Morgan fingerprint density at radius 1 is 1.26 bits per heavy atom. The maximum Gasteiger partial charge on any atom is 0.311 e. The van der Waals surface area contributed by atoms with Gasteiger partial charge in [0, 0.05) is 11.6 Å². The minimum Gasteiger partial charge on any atom is -0.497 e. The van der Waals surface area contributed by atoms with Gasteiger partial charge in [-0.15, -0.1) is 0 Å². The van der Waals surface area contributed by atoms with Crippen molar-refractivity contribution in [2.24, 2.45) is 5.92 Å². The monoisotopic (exact) mass is 268 g/mol. The molecule has 1 aromatic rings. The predicted molar refractivity (Wildman–Crippen MR) is 70.3 cm³/mol. The highest BCUT2D eigenvalue weighted by Crippen LogP contribution is 2.34. The van der Waals surface area contributed by atoms with Crippen LogP contribution < -0.4 is 9.47 Å². The molecule has 2 unspecified atom stereocenters. The summed E-state index contributed by atoms with van der Waals surface area (Å²) in [7, 11) is 4.36. The van der Waals surface area contributed by atoms with Gasteiger partial charge in [-0.1, -0.05) is 6.92 Å². The molecule has 19 heavy (non-hydrogen) atoms. The van der Waals surface area contributed by atoms with Crippen LogP contribution in [0.3, 0.4) is 0 Å². The first kappa shape index (κ1) is 15.3. The summed E-state index contributed by atoms with van der Waals surface area (Å²) >= 11 is 0. The Hall–Kier alpha value is -1.75. The van der Waals surface area contributed by atoms with Crippen molar-refractivity contribution in [2.75, 3.05) is 21.3 Å². The number of aliphatic hydroxyl groups excluding tert-OH is 1. The van der Waals surface area contributed by atoms with Gasteiger partial charge in [-0.25, -0.2) is 0 Å². The number of esters is 1. The Kier molecular flexibility index (Phi) is 5.63. The van der Waals surface area contributed by atoms with E-state index in [4.69, 9.17) is 14.2 Å². The molecule has 1 rings (SSSR count). The molecule has 0 heterocycles. The summed E-state index contributed by atoms with van der Waals surface area (Å²) in [5.74, 6) is 0.0493. The van der Waals surface area contributed by atoms with Crippen molar-refractivity contribution >= 4 is 5.97 Å². The largest absolute Gasteiger partial charge is 0.497 e. The van der Waals surface area contributed by atoms with Gasteiger partial charge in [-0.3, -0.25) is 4.79 Å². The van der Waals surface area contributed by atoms with Crippen LogP contribution in [0.4, 0.5) is 0 Å². The third-order valence-corrected chi connectivity index (χ3v) is 3.08. The van der Waals surface area contributed by atoms with Crippen molar-refractivity contribution in [3.8, 4) is 11.5 Å². The number of aliphatic hydroxyl groups is 1. The first-order valence-corrected chi connectivity index (χ1v) is 6.06. The number of methoxy groups -OCH3 is 3. The summed E-state index contributed by atoms with van der Waals surface area (Å²) in [6.45, 7) is 1.82. The number of hydrogen-bond donors (Lipinski definition) is 1. The lowest BCUT2D eigenvalue weighted by molar-refractivity contribution is -0.149. The zero-order chi connectivity index (χ0) is 14.4. The summed E-state index contributed by atoms with van der Waals surface area (Å²) in [5, 5.41) is 10.3. The van der Waals surface area contributed by atoms with E-state index in [-0.39, 0.29) is 0 Å². The first-order chi connectivity index (χ1) is 9.08. The standard InChI is InChI=1S/C14H20O5/c1-5-10(14(16)19-4)13(15)11-7-6-9(17-2)8-12(11)18-3/h6-8,10,13,15H,5H2,1-4H3. The highest BCUT2D eigenvalue weighted by atomic mass is 16.5. The molecule has 0 aliphatic rings. The van der Waals surface area contributed by atoms with E-state index in [1.165, 1.54) is 14.2 Å². The SMILES string of the molecule is CCC(C(=O)OC)C(O)c1ccc(OC)cc1OC. The minimum atomic E-state index is -0.974. The number of ether oxygens (including phenoxy) is 3. The molecule has 0 bridgehead atoms. The Morgan fingerprint density at radius 3 is 2.42 bits per heavy atom. The van der Waals surface area contributed by atoms with Crippen LogP contribution in [0.1, 0.15) is 25.0 Å². The minimum absolute atomic E-state index is 0.437. The van der Waals surface area contributed by atoms with Crippen LogP contribution in [0.25, 0.3) is 0 Å². The molecule has 1 N–H and O–H groups in total. The van der Waals surface area contributed by atoms with E-state index in [2.05, 4.69) is 0 Å². The van der Waals surface area contributed by atoms with Crippen LogP contribution >= 0.6 is 0 Å². The molecule has 0 aliphatic carbocycles. The van der Waals surface area contributed by atoms with E-state index in [1.807, 2.05) is 6.92 Å². The lowest BCUT2D eigenvalue weighted by atomic mass is 9.93. The van der Waals surface area contributed by atoms with Crippen molar-refractivity contribution in [3.05, 3.63) is 23.8 Å². The Morgan fingerprint density at radius 2 is 1.95 bits per heavy atom. The van der Waals surface area contributed by atoms with E-state index in [0.717, 1.165) is 0 Å². The molecule has 5 heteroatoms. The third-order valence-electron chi connectivity index (χ3n) is 3.08. The highest BCUT2D eigenvalue weighted by Gasteiger charge is 2.29. The van der Waals surface area contributed by atoms with E-state index in [1.54, 1.807) is 25.3 Å². The summed E-state index contributed by atoms with van der Waals surface area (Å²) in [4.78, 5) is 11.6. The maximum absolute atomic E-state index is 11.6. The molecule has 0 aliphatic heterocycles. The van der Waals surface area contributed by atoms with Gasteiger partial charge in [-0.05, 0) is 18.6 Å². The fraction of sp³-hybridized carbons (Fsp3) is 0.500. The van der Waals surface area contributed by atoms with Crippen molar-refractivity contribution in [2.45, 2.75) is 19.4 Å². The van der Waals surface area contributed by atoms with Gasteiger partial charge in [0.2, 0.25) is 0 Å². The first-order valence-electron chi connectivity index (χ1n) is 6.06. The van der Waals surface area contributed by atoms with Crippen molar-refractivity contribution in [1.82, 2.24) is 0 Å². The molecule has 0 fully saturated rings. The van der Waals surface area contributed by atoms with Crippen molar-refractivity contribution in [3.63, 3.8) is 0 Å². The van der Waals surface area contributed by atoms with Gasteiger partial charge in [-0.2, -0.15) is 0 Å². The zero-order valence-electron chi connectivity index (χ0n) is 11.7. The average Bonchev–Trinajstić information content (AvgIpc) is 2.46. The molecule has 5 nitrogen and oxygen atoms in total. The smallest absolute Gasteiger partial charge is 0.311 e. The van der Waals surface area contributed by atoms with E-state index in [0.29, 0.717) is 23.5 Å². The van der Waals surface area contributed by atoms with E-state index in [9.17, 15) is 9.90 Å². The molecule has 1 aromatic carbocycles. The molecular weight excluding hydrogens is 248 g/mol. The van der Waals surface area contributed by atoms with Crippen molar-refractivity contribution < 1.29 is 24.1 Å². The van der Waals surface area contributed by atoms with Gasteiger partial charge < -0.3 is 19.3 Å². The maximum atomic E-state index is 11.6. The molecule has 0 amide bonds. The number of carbonyl (C=O) groups is 1. The fourth-order valence-electron chi connectivity index (χ4n) is 1.95. The molecular formula is C14H20O5. The summed E-state index contributed by atoms with van der Waals surface area (Å²) in [6, 6.07) is 5.07. The van der Waals surface area contributed by atoms with E-state index < -0.39 is 18.0 Å². The second-order valence-electron chi connectivity index (χ2n) is 4.09. The van der Waals surface area contributed by atoms with Gasteiger partial charge in [0.05, 0.1) is 33.4 Å².